The van der Waals surface area contributed by atoms with E-state index in [0.717, 1.165) is 18.5 Å². The number of carbonyl (C=O) groups is 2. The molecule has 1 atom stereocenters. The first-order valence-electron chi connectivity index (χ1n) is 8.26. The summed E-state index contributed by atoms with van der Waals surface area (Å²) in [4.78, 5) is 28.5. The molecule has 7 nitrogen and oxygen atoms in total. The van der Waals surface area contributed by atoms with Gasteiger partial charge in [0.1, 0.15) is 5.69 Å². The molecule has 0 saturated carbocycles. The molecule has 0 saturated heterocycles. The first-order chi connectivity index (χ1) is 11.0. The van der Waals surface area contributed by atoms with E-state index in [1.807, 2.05) is 18.4 Å². The molecule has 2 amide bonds. The number of hydrogen-bond donors (Lipinski definition) is 3. The van der Waals surface area contributed by atoms with Gasteiger partial charge in [-0.05, 0) is 39.5 Å². The van der Waals surface area contributed by atoms with Crippen LogP contribution in [-0.4, -0.2) is 45.7 Å². The molecular formula is C16H26N4O3. The average molecular weight is 322 g/mol. The minimum absolute atomic E-state index is 0.0642. The number of aliphatic hydroxyl groups excluding tert-OH is 1. The van der Waals surface area contributed by atoms with Gasteiger partial charge >= 0.3 is 0 Å². The minimum Gasteiger partial charge on any atom is -0.396 e. The maximum atomic E-state index is 12.2. The van der Waals surface area contributed by atoms with E-state index in [-0.39, 0.29) is 30.4 Å². The van der Waals surface area contributed by atoms with Crippen LogP contribution >= 0.6 is 0 Å². The summed E-state index contributed by atoms with van der Waals surface area (Å²) in [6, 6.07) is 0.131. The predicted octanol–water partition coefficient (Wildman–Crippen LogP) is 0.472. The molecule has 23 heavy (non-hydrogen) atoms. The predicted molar refractivity (Wildman–Crippen MR) is 86.0 cm³/mol. The lowest BCUT2D eigenvalue weighted by atomic mass is 9.96. The lowest BCUT2D eigenvalue weighted by Crippen LogP contribution is -2.39. The molecule has 1 aromatic rings. The van der Waals surface area contributed by atoms with Gasteiger partial charge in [-0.2, -0.15) is 0 Å². The highest BCUT2D eigenvalue weighted by atomic mass is 16.3. The van der Waals surface area contributed by atoms with Crippen LogP contribution in [0.3, 0.4) is 0 Å². The highest BCUT2D eigenvalue weighted by Gasteiger charge is 2.28. The smallest absolute Gasteiger partial charge is 0.271 e. The quantitative estimate of drug-likeness (QED) is 0.636. The van der Waals surface area contributed by atoms with Gasteiger partial charge in [-0.1, -0.05) is 0 Å². The first kappa shape index (κ1) is 17.5. The van der Waals surface area contributed by atoms with E-state index in [1.54, 1.807) is 6.33 Å². The topological polar surface area (TPSA) is 96.2 Å². The van der Waals surface area contributed by atoms with Crippen LogP contribution in [0.15, 0.2) is 6.33 Å². The Labute approximate surface area is 136 Å². The van der Waals surface area contributed by atoms with E-state index in [9.17, 15) is 9.59 Å². The van der Waals surface area contributed by atoms with Crippen LogP contribution < -0.4 is 10.6 Å². The molecule has 1 aliphatic rings. The Morgan fingerprint density at radius 1 is 1.43 bits per heavy atom. The molecule has 0 bridgehead atoms. The third-order valence-electron chi connectivity index (χ3n) is 3.98. The van der Waals surface area contributed by atoms with Gasteiger partial charge in [0, 0.05) is 25.7 Å². The van der Waals surface area contributed by atoms with E-state index >= 15 is 0 Å². The zero-order valence-electron chi connectivity index (χ0n) is 13.8. The fourth-order valence-corrected chi connectivity index (χ4v) is 2.80. The largest absolute Gasteiger partial charge is 0.396 e. The molecule has 128 valence electrons. The summed E-state index contributed by atoms with van der Waals surface area (Å²) in [6.45, 7) is 5.13. The van der Waals surface area contributed by atoms with Crippen LogP contribution in [0, 0.1) is 5.92 Å². The summed E-state index contributed by atoms with van der Waals surface area (Å²) < 4.78 is 1.91. The lowest BCUT2D eigenvalue weighted by molar-refractivity contribution is -0.126. The van der Waals surface area contributed by atoms with Crippen LogP contribution in [0.4, 0.5) is 0 Å². The average Bonchev–Trinajstić information content (AvgIpc) is 2.93. The molecule has 0 spiro atoms. The van der Waals surface area contributed by atoms with E-state index in [2.05, 4.69) is 15.6 Å². The Hall–Kier alpha value is -1.89. The zero-order chi connectivity index (χ0) is 16.8. The molecule has 1 aromatic heterocycles. The number of nitrogens with zero attached hydrogens (tertiary/aromatic N) is 2. The number of rotatable bonds is 7. The van der Waals surface area contributed by atoms with Gasteiger partial charge in [-0.3, -0.25) is 9.59 Å². The van der Waals surface area contributed by atoms with E-state index < -0.39 is 0 Å². The maximum Gasteiger partial charge on any atom is 0.271 e. The van der Waals surface area contributed by atoms with Gasteiger partial charge in [0.25, 0.3) is 5.91 Å². The minimum atomic E-state index is -0.179. The third kappa shape index (κ3) is 4.54. The fourth-order valence-electron chi connectivity index (χ4n) is 2.80. The number of amides is 2. The SMILES string of the molecule is CC(C)NC(=O)C1CCc2c(C(=O)NCCCCO)ncn2C1. The van der Waals surface area contributed by atoms with Crippen LogP contribution in [0.2, 0.25) is 0 Å². The van der Waals surface area contributed by atoms with Crippen LogP contribution in [0.25, 0.3) is 0 Å². The van der Waals surface area contributed by atoms with Crippen molar-refractivity contribution in [1.29, 1.82) is 0 Å². The Balaban J connectivity index is 1.95. The molecule has 0 radical (unpaired) electrons. The Bertz CT molecular complexity index is 554. The highest BCUT2D eigenvalue weighted by molar-refractivity contribution is 5.93. The number of carbonyl (C=O) groups excluding carboxylic acids is 2. The summed E-state index contributed by atoms with van der Waals surface area (Å²) in [5.41, 5.74) is 1.36. The number of nitrogens with one attached hydrogen (secondary N) is 2. The maximum absolute atomic E-state index is 12.2. The number of unbranched alkanes of at least 4 members (excludes halogenated alkanes) is 1. The number of aromatic nitrogens is 2. The number of hydrogen-bond acceptors (Lipinski definition) is 4. The van der Waals surface area contributed by atoms with Gasteiger partial charge in [0.05, 0.1) is 17.9 Å². The summed E-state index contributed by atoms with van der Waals surface area (Å²) >= 11 is 0. The Morgan fingerprint density at radius 3 is 2.91 bits per heavy atom. The van der Waals surface area contributed by atoms with Crippen molar-refractivity contribution in [2.24, 2.45) is 5.92 Å². The van der Waals surface area contributed by atoms with Gasteiger partial charge in [0.15, 0.2) is 0 Å². The summed E-state index contributed by atoms with van der Waals surface area (Å²) in [6.07, 6.45) is 4.47. The Kier molecular flexibility index (Phi) is 6.15. The molecule has 1 unspecified atom stereocenters. The van der Waals surface area contributed by atoms with Crippen molar-refractivity contribution in [1.82, 2.24) is 20.2 Å². The number of aliphatic hydroxyl groups is 1. The fraction of sp³-hybridized carbons (Fsp3) is 0.688. The summed E-state index contributed by atoms with van der Waals surface area (Å²) in [7, 11) is 0. The molecule has 0 aromatic carbocycles. The van der Waals surface area contributed by atoms with Gasteiger partial charge < -0.3 is 20.3 Å². The molecule has 3 N–H and O–H groups in total. The monoisotopic (exact) mass is 322 g/mol. The van der Waals surface area contributed by atoms with Crippen molar-refractivity contribution in [2.45, 2.75) is 52.1 Å². The summed E-state index contributed by atoms with van der Waals surface area (Å²) in [5, 5.41) is 14.5. The normalized spacial score (nSPS) is 17.0. The molecule has 0 fully saturated rings. The summed E-state index contributed by atoms with van der Waals surface area (Å²) in [5.74, 6) is -0.185. The van der Waals surface area contributed by atoms with Gasteiger partial charge in [-0.25, -0.2) is 4.98 Å². The van der Waals surface area contributed by atoms with Crippen molar-refractivity contribution in [3.8, 4) is 0 Å². The van der Waals surface area contributed by atoms with Crippen molar-refractivity contribution >= 4 is 11.8 Å². The first-order valence-corrected chi connectivity index (χ1v) is 8.26. The van der Waals surface area contributed by atoms with Gasteiger partial charge in [-0.15, -0.1) is 0 Å². The van der Waals surface area contributed by atoms with Crippen LogP contribution in [-0.2, 0) is 17.8 Å². The Morgan fingerprint density at radius 2 is 2.22 bits per heavy atom. The molecule has 7 heteroatoms. The second-order valence-electron chi connectivity index (χ2n) is 6.28. The second kappa shape index (κ2) is 8.10. The lowest BCUT2D eigenvalue weighted by Gasteiger charge is -2.24. The van der Waals surface area contributed by atoms with E-state index in [4.69, 9.17) is 5.11 Å². The molecule has 2 rings (SSSR count). The van der Waals surface area contributed by atoms with Gasteiger partial charge in [0.2, 0.25) is 5.91 Å². The van der Waals surface area contributed by atoms with E-state index in [1.165, 1.54) is 0 Å². The molecule has 1 aliphatic heterocycles. The van der Waals surface area contributed by atoms with Crippen molar-refractivity contribution in [2.75, 3.05) is 13.2 Å². The third-order valence-corrected chi connectivity index (χ3v) is 3.98. The molecule has 0 aliphatic carbocycles. The van der Waals surface area contributed by atoms with Crippen molar-refractivity contribution in [3.63, 3.8) is 0 Å². The van der Waals surface area contributed by atoms with Crippen molar-refractivity contribution in [3.05, 3.63) is 17.7 Å². The number of imidazole rings is 1. The standard InChI is InChI=1S/C16H26N4O3/c1-11(2)19-15(22)12-5-6-13-14(18-10-20(13)9-12)16(23)17-7-3-4-8-21/h10-12,21H,3-9H2,1-2H3,(H,17,23)(H,19,22). The zero-order valence-corrected chi connectivity index (χ0v) is 13.8. The van der Waals surface area contributed by atoms with Crippen molar-refractivity contribution < 1.29 is 14.7 Å². The highest BCUT2D eigenvalue weighted by Crippen LogP contribution is 2.22. The van der Waals surface area contributed by atoms with E-state index in [0.29, 0.717) is 31.6 Å². The second-order valence-corrected chi connectivity index (χ2v) is 6.28. The molecule has 2 heterocycles. The van der Waals surface area contributed by atoms with Crippen LogP contribution in [0.1, 0.15) is 49.3 Å². The van der Waals surface area contributed by atoms with Crippen LogP contribution in [0.5, 0.6) is 0 Å². The number of fused-ring (bicyclic) bond motifs is 1. The molecular weight excluding hydrogens is 296 g/mol.